The van der Waals surface area contributed by atoms with Gasteiger partial charge in [0.2, 0.25) is 0 Å². The summed E-state index contributed by atoms with van der Waals surface area (Å²) in [5.41, 5.74) is 6.65. The second kappa shape index (κ2) is 9.98. The first-order chi connectivity index (χ1) is 14.8. The van der Waals surface area contributed by atoms with Crippen LogP contribution >= 0.6 is 12.2 Å². The normalized spacial score (nSPS) is 17.7. The molecule has 3 rings (SSSR count). The molecule has 1 fully saturated rings. The van der Waals surface area contributed by atoms with E-state index in [0.717, 1.165) is 0 Å². The second-order valence-electron chi connectivity index (χ2n) is 7.08. The van der Waals surface area contributed by atoms with E-state index >= 15 is 0 Å². The molecule has 31 heavy (non-hydrogen) atoms. The maximum Gasteiger partial charge on any atom is 0.410 e. The number of non-ortho nitro benzene ring substituents is 1. The molecule has 1 saturated heterocycles. The van der Waals surface area contributed by atoms with Crippen LogP contribution in [0.4, 0.5) is 10.5 Å². The van der Waals surface area contributed by atoms with Crippen LogP contribution in [0.5, 0.6) is 0 Å². The van der Waals surface area contributed by atoms with Crippen molar-refractivity contribution in [3.05, 3.63) is 75.8 Å². The van der Waals surface area contributed by atoms with E-state index in [9.17, 15) is 19.7 Å². The van der Waals surface area contributed by atoms with Crippen LogP contribution in [0.3, 0.4) is 0 Å². The molecule has 0 unspecified atom stereocenters. The van der Waals surface area contributed by atoms with Crippen molar-refractivity contribution in [2.45, 2.75) is 31.6 Å². The van der Waals surface area contributed by atoms with Crippen molar-refractivity contribution in [2.24, 2.45) is 5.73 Å². The minimum Gasteiger partial charge on any atom is -0.457 e. The summed E-state index contributed by atoms with van der Waals surface area (Å²) < 4.78 is 10.9. The SMILES string of the molecule is NC(=S)C[C@@H]1C[C@@H](OC(=O)c2ccccc2)CN1C(=O)OCc1ccc([N+](=O)[O-])cc1. The van der Waals surface area contributed by atoms with Crippen LogP contribution in [0.1, 0.15) is 28.8 Å². The molecule has 10 heteroatoms. The van der Waals surface area contributed by atoms with Gasteiger partial charge in [0, 0.05) is 31.0 Å². The van der Waals surface area contributed by atoms with Gasteiger partial charge in [0.15, 0.2) is 0 Å². The fraction of sp³-hybridized carbons (Fsp3) is 0.286. The highest BCUT2D eigenvalue weighted by molar-refractivity contribution is 7.80. The lowest BCUT2D eigenvalue weighted by molar-refractivity contribution is -0.384. The molecule has 0 radical (unpaired) electrons. The summed E-state index contributed by atoms with van der Waals surface area (Å²) in [6.45, 7) is 0.104. The van der Waals surface area contributed by atoms with Gasteiger partial charge in [-0.1, -0.05) is 30.4 Å². The first-order valence-corrected chi connectivity index (χ1v) is 9.95. The quantitative estimate of drug-likeness (QED) is 0.299. The topological polar surface area (TPSA) is 125 Å². The van der Waals surface area contributed by atoms with Gasteiger partial charge in [0.05, 0.1) is 22.0 Å². The highest BCUT2D eigenvalue weighted by Gasteiger charge is 2.38. The van der Waals surface area contributed by atoms with E-state index in [1.165, 1.54) is 29.2 Å². The monoisotopic (exact) mass is 443 g/mol. The zero-order chi connectivity index (χ0) is 22.4. The van der Waals surface area contributed by atoms with E-state index in [1.54, 1.807) is 30.3 Å². The summed E-state index contributed by atoms with van der Waals surface area (Å²) in [5, 5.41) is 10.7. The molecule has 2 aromatic carbocycles. The molecule has 0 saturated carbocycles. The number of hydrogen-bond acceptors (Lipinski definition) is 7. The molecule has 0 aromatic heterocycles. The van der Waals surface area contributed by atoms with Crippen molar-refractivity contribution >= 4 is 35.0 Å². The Morgan fingerprint density at radius 1 is 1.16 bits per heavy atom. The van der Waals surface area contributed by atoms with Gasteiger partial charge in [-0.25, -0.2) is 9.59 Å². The highest BCUT2D eigenvalue weighted by atomic mass is 32.1. The van der Waals surface area contributed by atoms with E-state index < -0.39 is 23.1 Å². The molecule has 2 atom stereocenters. The maximum absolute atomic E-state index is 12.7. The van der Waals surface area contributed by atoms with Gasteiger partial charge in [0.25, 0.3) is 5.69 Å². The highest BCUT2D eigenvalue weighted by Crippen LogP contribution is 2.25. The Labute approximate surface area is 183 Å². The van der Waals surface area contributed by atoms with Gasteiger partial charge in [-0.15, -0.1) is 0 Å². The number of rotatable bonds is 7. The van der Waals surface area contributed by atoms with Crippen LogP contribution in [0.2, 0.25) is 0 Å². The third-order valence-electron chi connectivity index (χ3n) is 4.84. The van der Waals surface area contributed by atoms with Gasteiger partial charge in [0.1, 0.15) is 12.7 Å². The molecule has 1 aliphatic rings. The molecule has 0 bridgehead atoms. The molecule has 2 N–H and O–H groups in total. The lowest BCUT2D eigenvalue weighted by Gasteiger charge is -2.23. The van der Waals surface area contributed by atoms with Gasteiger partial charge >= 0.3 is 12.1 Å². The van der Waals surface area contributed by atoms with Crippen LogP contribution in [-0.4, -0.2) is 45.6 Å². The van der Waals surface area contributed by atoms with Crippen LogP contribution in [0.15, 0.2) is 54.6 Å². The smallest absolute Gasteiger partial charge is 0.410 e. The molecular formula is C21H21N3O6S. The van der Waals surface area contributed by atoms with E-state index in [4.69, 9.17) is 27.4 Å². The number of nitrogens with zero attached hydrogens (tertiary/aromatic N) is 2. The van der Waals surface area contributed by atoms with E-state index in [0.29, 0.717) is 17.5 Å². The second-order valence-corrected chi connectivity index (χ2v) is 7.61. The number of ether oxygens (including phenoxy) is 2. The van der Waals surface area contributed by atoms with E-state index in [1.807, 2.05) is 0 Å². The number of hydrogen-bond donors (Lipinski definition) is 1. The Kier molecular flexibility index (Phi) is 7.14. The average molecular weight is 443 g/mol. The molecule has 162 valence electrons. The number of nitrogens with two attached hydrogens (primary N) is 1. The fourth-order valence-electron chi connectivity index (χ4n) is 3.34. The first kappa shape index (κ1) is 22.2. The van der Waals surface area contributed by atoms with Crippen molar-refractivity contribution in [3.63, 3.8) is 0 Å². The molecule has 1 aliphatic heterocycles. The summed E-state index contributed by atoms with van der Waals surface area (Å²) in [6, 6.07) is 14.0. The van der Waals surface area contributed by atoms with Gasteiger partial charge in [-0.2, -0.15) is 0 Å². The number of likely N-dealkylation sites (tertiary alicyclic amines) is 1. The lowest BCUT2D eigenvalue weighted by Crippen LogP contribution is -2.38. The third kappa shape index (κ3) is 5.98. The molecule has 1 heterocycles. The summed E-state index contributed by atoms with van der Waals surface area (Å²) in [6.07, 6.45) is -0.443. The van der Waals surface area contributed by atoms with Gasteiger partial charge in [-0.3, -0.25) is 10.1 Å². The van der Waals surface area contributed by atoms with E-state index in [-0.39, 0.29) is 36.3 Å². The van der Waals surface area contributed by atoms with Crippen LogP contribution in [-0.2, 0) is 16.1 Å². The number of benzene rings is 2. The summed E-state index contributed by atoms with van der Waals surface area (Å²) in [5.74, 6) is -0.472. The summed E-state index contributed by atoms with van der Waals surface area (Å²) >= 11 is 4.99. The van der Waals surface area contributed by atoms with Crippen LogP contribution < -0.4 is 5.73 Å². The van der Waals surface area contributed by atoms with E-state index in [2.05, 4.69) is 0 Å². The Balaban J connectivity index is 1.61. The average Bonchev–Trinajstić information content (AvgIpc) is 3.14. The molecule has 1 amide bonds. The zero-order valence-electron chi connectivity index (χ0n) is 16.5. The fourth-order valence-corrected chi connectivity index (χ4v) is 3.54. The Morgan fingerprint density at radius 3 is 2.45 bits per heavy atom. The number of nitro groups is 1. The van der Waals surface area contributed by atoms with Crippen molar-refractivity contribution < 1.29 is 24.0 Å². The summed E-state index contributed by atoms with van der Waals surface area (Å²) in [4.78, 5) is 36.9. The first-order valence-electron chi connectivity index (χ1n) is 9.54. The molecule has 2 aromatic rings. The van der Waals surface area contributed by atoms with Crippen molar-refractivity contribution in [1.29, 1.82) is 0 Å². The Morgan fingerprint density at radius 2 is 1.84 bits per heavy atom. The van der Waals surface area contributed by atoms with Gasteiger partial charge < -0.3 is 20.1 Å². The number of nitro benzene ring substituents is 1. The summed E-state index contributed by atoms with van der Waals surface area (Å²) in [7, 11) is 0. The minimum atomic E-state index is -0.599. The number of carbonyl (C=O) groups excluding carboxylic acids is 2. The Bertz CT molecular complexity index is 967. The Hall–Kier alpha value is -3.53. The largest absolute Gasteiger partial charge is 0.457 e. The number of esters is 1. The van der Waals surface area contributed by atoms with Crippen LogP contribution in [0, 0.1) is 10.1 Å². The van der Waals surface area contributed by atoms with Crippen molar-refractivity contribution in [1.82, 2.24) is 4.90 Å². The third-order valence-corrected chi connectivity index (χ3v) is 5.01. The predicted molar refractivity (Wildman–Crippen MR) is 115 cm³/mol. The van der Waals surface area contributed by atoms with Crippen molar-refractivity contribution in [3.8, 4) is 0 Å². The minimum absolute atomic E-state index is 0.0470. The maximum atomic E-state index is 12.7. The molecule has 9 nitrogen and oxygen atoms in total. The number of thiocarbonyl (C=S) groups is 1. The number of amides is 1. The van der Waals surface area contributed by atoms with Crippen LogP contribution in [0.25, 0.3) is 0 Å². The predicted octanol–water partition coefficient (Wildman–Crippen LogP) is 3.21. The van der Waals surface area contributed by atoms with Crippen molar-refractivity contribution in [2.75, 3.05) is 6.54 Å². The molecular weight excluding hydrogens is 422 g/mol. The number of carbonyl (C=O) groups is 2. The van der Waals surface area contributed by atoms with Gasteiger partial charge in [-0.05, 0) is 29.8 Å². The molecule has 0 aliphatic carbocycles. The standard InChI is InChI=1S/C21H21N3O6S/c22-19(31)11-17-10-18(30-20(25)15-4-2-1-3-5-15)12-23(17)21(26)29-13-14-6-8-16(9-7-14)24(27)28/h1-9,17-18H,10-13H2,(H2,22,31)/t17-,18+/m0/s1. The molecule has 0 spiro atoms. The lowest BCUT2D eigenvalue weighted by atomic mass is 10.1. The zero-order valence-corrected chi connectivity index (χ0v) is 17.3.